The monoisotopic (exact) mass is 367 g/mol. The van der Waals surface area contributed by atoms with Crippen LogP contribution in [0.25, 0.3) is 0 Å². The van der Waals surface area contributed by atoms with Gasteiger partial charge in [0.25, 0.3) is 0 Å². The highest BCUT2D eigenvalue weighted by atomic mass is 35.5. The van der Waals surface area contributed by atoms with E-state index >= 15 is 0 Å². The van der Waals surface area contributed by atoms with Crippen LogP contribution < -0.4 is 4.72 Å². The minimum atomic E-state index is -4.08. The standard InChI is InChI=1S/C12H14ClNO6S2/c1-7-2-3-8(12(15)16)4-11(7)22(19,20)14-10-6-21(17,18)5-9(10)13/h2-4,9-10,14H,5-6H2,1H3,(H,15,16)/t9-,10+/m0/s1. The molecule has 1 saturated heterocycles. The second-order valence-electron chi connectivity index (χ2n) is 5.11. The summed E-state index contributed by atoms with van der Waals surface area (Å²) >= 11 is 5.88. The van der Waals surface area contributed by atoms with Crippen molar-refractivity contribution in [1.82, 2.24) is 4.72 Å². The molecule has 1 aliphatic rings. The molecule has 22 heavy (non-hydrogen) atoms. The van der Waals surface area contributed by atoms with Crippen molar-refractivity contribution < 1.29 is 26.7 Å². The van der Waals surface area contributed by atoms with E-state index in [-0.39, 0.29) is 22.0 Å². The maximum Gasteiger partial charge on any atom is 0.335 e. The first kappa shape index (κ1) is 17.2. The summed E-state index contributed by atoms with van der Waals surface area (Å²) in [6.07, 6.45) is 0. The summed E-state index contributed by atoms with van der Waals surface area (Å²) in [5.74, 6) is -1.93. The number of aryl methyl sites for hydroxylation is 1. The zero-order chi connectivity index (χ0) is 16.7. The van der Waals surface area contributed by atoms with Crippen molar-refractivity contribution in [2.45, 2.75) is 23.2 Å². The number of aromatic carboxylic acids is 1. The summed E-state index contributed by atoms with van der Waals surface area (Å²) in [5.41, 5.74) is 0.178. The van der Waals surface area contributed by atoms with Gasteiger partial charge < -0.3 is 5.11 Å². The van der Waals surface area contributed by atoms with E-state index in [1.54, 1.807) is 0 Å². The topological polar surface area (TPSA) is 118 Å². The zero-order valence-corrected chi connectivity index (χ0v) is 13.9. The second-order valence-corrected chi connectivity index (χ2v) is 9.50. The van der Waals surface area contributed by atoms with Crippen LogP contribution in [0.2, 0.25) is 0 Å². The van der Waals surface area contributed by atoms with Gasteiger partial charge >= 0.3 is 5.97 Å². The molecule has 1 aromatic carbocycles. The van der Waals surface area contributed by atoms with Gasteiger partial charge in [0.15, 0.2) is 9.84 Å². The van der Waals surface area contributed by atoms with Gasteiger partial charge in [-0.15, -0.1) is 11.6 Å². The second kappa shape index (κ2) is 5.80. The number of carbonyl (C=O) groups is 1. The summed E-state index contributed by atoms with van der Waals surface area (Å²) in [7, 11) is -7.46. The van der Waals surface area contributed by atoms with Gasteiger partial charge in [-0.3, -0.25) is 0 Å². The Bertz CT molecular complexity index is 818. The van der Waals surface area contributed by atoms with Crippen LogP contribution in [-0.4, -0.2) is 50.8 Å². The van der Waals surface area contributed by atoms with Crippen molar-refractivity contribution in [3.8, 4) is 0 Å². The van der Waals surface area contributed by atoms with Crippen LogP contribution in [-0.2, 0) is 19.9 Å². The quantitative estimate of drug-likeness (QED) is 0.742. The molecule has 2 atom stereocenters. The summed E-state index contributed by atoms with van der Waals surface area (Å²) < 4.78 is 50.0. The highest BCUT2D eigenvalue weighted by molar-refractivity contribution is 7.92. The third kappa shape index (κ3) is 3.60. The fourth-order valence-corrected chi connectivity index (χ4v) is 6.48. The van der Waals surface area contributed by atoms with Gasteiger partial charge in [0, 0.05) is 0 Å². The Morgan fingerprint density at radius 3 is 2.50 bits per heavy atom. The summed E-state index contributed by atoms with van der Waals surface area (Å²) in [6, 6.07) is 2.76. The summed E-state index contributed by atoms with van der Waals surface area (Å²) in [5, 5.41) is 8.09. The molecule has 1 fully saturated rings. The van der Waals surface area contributed by atoms with Crippen LogP contribution in [0.1, 0.15) is 15.9 Å². The largest absolute Gasteiger partial charge is 0.478 e. The smallest absolute Gasteiger partial charge is 0.335 e. The number of sulfone groups is 1. The van der Waals surface area contributed by atoms with Gasteiger partial charge in [-0.05, 0) is 24.6 Å². The van der Waals surface area contributed by atoms with Gasteiger partial charge in [-0.1, -0.05) is 6.07 Å². The molecule has 1 aromatic rings. The van der Waals surface area contributed by atoms with E-state index in [4.69, 9.17) is 16.7 Å². The van der Waals surface area contributed by atoms with E-state index in [1.165, 1.54) is 19.1 Å². The molecule has 2 rings (SSSR count). The van der Waals surface area contributed by atoms with Gasteiger partial charge in [0.1, 0.15) is 0 Å². The van der Waals surface area contributed by atoms with Crippen molar-refractivity contribution in [2.24, 2.45) is 0 Å². The molecule has 0 bridgehead atoms. The minimum absolute atomic E-state index is 0.174. The van der Waals surface area contributed by atoms with Crippen molar-refractivity contribution >= 4 is 37.4 Å². The van der Waals surface area contributed by atoms with Crippen molar-refractivity contribution in [1.29, 1.82) is 0 Å². The van der Waals surface area contributed by atoms with E-state index in [0.29, 0.717) is 5.56 Å². The number of halogens is 1. The van der Waals surface area contributed by atoms with Crippen LogP contribution in [0.4, 0.5) is 0 Å². The van der Waals surface area contributed by atoms with E-state index in [9.17, 15) is 21.6 Å². The molecular weight excluding hydrogens is 354 g/mol. The van der Waals surface area contributed by atoms with Gasteiger partial charge in [0.2, 0.25) is 10.0 Å². The van der Waals surface area contributed by atoms with E-state index in [2.05, 4.69) is 4.72 Å². The predicted octanol–water partition coefficient (Wildman–Crippen LogP) is 0.376. The maximum atomic E-state index is 12.4. The highest BCUT2D eigenvalue weighted by Gasteiger charge is 2.39. The number of rotatable bonds is 4. The predicted molar refractivity (Wildman–Crippen MR) is 80.5 cm³/mol. The molecule has 1 aliphatic heterocycles. The lowest BCUT2D eigenvalue weighted by molar-refractivity contribution is 0.0696. The number of nitrogens with one attached hydrogen (secondary N) is 1. The summed E-state index contributed by atoms with van der Waals surface area (Å²) in [4.78, 5) is 10.7. The van der Waals surface area contributed by atoms with Crippen LogP contribution in [0.5, 0.6) is 0 Å². The molecule has 0 aliphatic carbocycles. The van der Waals surface area contributed by atoms with E-state index in [0.717, 1.165) is 6.07 Å². The number of carboxylic acids is 1. The molecule has 0 radical (unpaired) electrons. The maximum absolute atomic E-state index is 12.4. The number of benzene rings is 1. The fourth-order valence-electron chi connectivity index (χ4n) is 2.20. The first-order valence-corrected chi connectivity index (χ1v) is 9.97. The number of carboxylic acid groups (broad SMARTS) is 1. The van der Waals surface area contributed by atoms with Crippen LogP contribution in [0, 0.1) is 6.92 Å². The average molecular weight is 368 g/mol. The van der Waals surface area contributed by atoms with Gasteiger partial charge in [-0.25, -0.2) is 26.4 Å². The first-order valence-electron chi connectivity index (χ1n) is 6.22. The molecule has 122 valence electrons. The molecule has 0 saturated carbocycles. The minimum Gasteiger partial charge on any atom is -0.478 e. The Balaban J connectivity index is 2.35. The van der Waals surface area contributed by atoms with Crippen molar-refractivity contribution in [3.05, 3.63) is 29.3 Å². The molecule has 0 aromatic heterocycles. The van der Waals surface area contributed by atoms with Crippen LogP contribution in [0.3, 0.4) is 0 Å². The lowest BCUT2D eigenvalue weighted by Crippen LogP contribution is -2.40. The van der Waals surface area contributed by atoms with Gasteiger partial charge in [0.05, 0.1) is 33.4 Å². The number of alkyl halides is 1. The normalized spacial score (nSPS) is 24.3. The summed E-state index contributed by atoms with van der Waals surface area (Å²) in [6.45, 7) is 1.52. The third-order valence-corrected chi connectivity index (χ3v) is 7.32. The van der Waals surface area contributed by atoms with Crippen LogP contribution in [0.15, 0.2) is 23.1 Å². The molecule has 0 spiro atoms. The lowest BCUT2D eigenvalue weighted by atomic mass is 10.1. The molecule has 7 nitrogen and oxygen atoms in total. The Labute approximate surface area is 133 Å². The SMILES string of the molecule is Cc1ccc(C(=O)O)cc1S(=O)(=O)N[C@@H]1CS(=O)(=O)C[C@@H]1Cl. The Morgan fingerprint density at radius 1 is 1.36 bits per heavy atom. The molecule has 1 heterocycles. The number of hydrogen-bond donors (Lipinski definition) is 2. The highest BCUT2D eigenvalue weighted by Crippen LogP contribution is 2.22. The van der Waals surface area contributed by atoms with Crippen molar-refractivity contribution in [2.75, 3.05) is 11.5 Å². The molecule has 0 amide bonds. The van der Waals surface area contributed by atoms with E-state index < -0.39 is 37.2 Å². The van der Waals surface area contributed by atoms with Gasteiger partial charge in [-0.2, -0.15) is 0 Å². The zero-order valence-electron chi connectivity index (χ0n) is 11.5. The Hall–Kier alpha value is -1.16. The molecule has 10 heteroatoms. The van der Waals surface area contributed by atoms with E-state index in [1.807, 2.05) is 0 Å². The fraction of sp³-hybridized carbons (Fsp3) is 0.417. The Morgan fingerprint density at radius 2 is 2.00 bits per heavy atom. The number of hydrogen-bond acceptors (Lipinski definition) is 5. The van der Waals surface area contributed by atoms with Crippen LogP contribution >= 0.6 is 11.6 Å². The first-order chi connectivity index (χ1) is 10.0. The molecule has 2 N–H and O–H groups in total. The number of sulfonamides is 1. The Kier molecular flexibility index (Phi) is 4.54. The molecule has 0 unspecified atom stereocenters. The average Bonchev–Trinajstić information content (AvgIpc) is 2.61. The third-order valence-electron chi connectivity index (χ3n) is 3.31. The van der Waals surface area contributed by atoms with Crippen molar-refractivity contribution in [3.63, 3.8) is 0 Å². The lowest BCUT2D eigenvalue weighted by Gasteiger charge is -2.16. The molecular formula is C12H14ClNO6S2.